The van der Waals surface area contributed by atoms with Gasteiger partial charge in [0.05, 0.1) is 0 Å². The molecule has 1 N–H and O–H groups in total. The predicted molar refractivity (Wildman–Crippen MR) is 82.3 cm³/mol. The average molecular weight is 278 g/mol. The van der Waals surface area contributed by atoms with E-state index in [-0.39, 0.29) is 11.9 Å². The Morgan fingerprint density at radius 1 is 1.40 bits per heavy atom. The highest BCUT2D eigenvalue weighted by atomic mass is 19.1. The lowest BCUT2D eigenvalue weighted by molar-refractivity contribution is 0.0939. The van der Waals surface area contributed by atoms with Crippen molar-refractivity contribution in [1.29, 1.82) is 0 Å². The van der Waals surface area contributed by atoms with Crippen molar-refractivity contribution in [2.75, 3.05) is 13.1 Å². The number of halogens is 1. The van der Waals surface area contributed by atoms with Gasteiger partial charge in [-0.15, -0.1) is 0 Å². The fraction of sp³-hybridized carbons (Fsp3) is 0.647. The van der Waals surface area contributed by atoms with Crippen LogP contribution in [0.15, 0.2) is 24.3 Å². The smallest absolute Gasteiger partial charge is 0.127 e. The molecule has 1 aliphatic rings. The van der Waals surface area contributed by atoms with Crippen LogP contribution in [0.1, 0.15) is 51.6 Å². The van der Waals surface area contributed by atoms with Gasteiger partial charge in [0.25, 0.3) is 0 Å². The summed E-state index contributed by atoms with van der Waals surface area (Å²) in [6.07, 6.45) is 3.49. The number of nitrogens with one attached hydrogen (secondary N) is 1. The molecule has 0 saturated carbocycles. The second-order valence-electron chi connectivity index (χ2n) is 5.96. The van der Waals surface area contributed by atoms with Gasteiger partial charge in [-0.25, -0.2) is 4.39 Å². The molecule has 1 aromatic rings. The fourth-order valence-corrected chi connectivity index (χ4v) is 3.29. The van der Waals surface area contributed by atoms with Crippen LogP contribution in [0.2, 0.25) is 0 Å². The Morgan fingerprint density at radius 3 is 2.80 bits per heavy atom. The number of nitrogens with zero attached hydrogens (tertiary/aromatic N) is 1. The van der Waals surface area contributed by atoms with Gasteiger partial charge in [-0.05, 0) is 45.7 Å². The summed E-state index contributed by atoms with van der Waals surface area (Å²) in [7, 11) is 0. The Morgan fingerprint density at radius 2 is 2.15 bits per heavy atom. The van der Waals surface area contributed by atoms with Gasteiger partial charge in [-0.2, -0.15) is 0 Å². The third-order valence-electron chi connectivity index (χ3n) is 4.46. The van der Waals surface area contributed by atoms with Crippen LogP contribution < -0.4 is 5.32 Å². The van der Waals surface area contributed by atoms with Gasteiger partial charge in [0.1, 0.15) is 5.82 Å². The zero-order valence-corrected chi connectivity index (χ0v) is 12.9. The van der Waals surface area contributed by atoms with Gasteiger partial charge in [0, 0.05) is 30.2 Å². The van der Waals surface area contributed by atoms with Crippen molar-refractivity contribution >= 4 is 0 Å². The van der Waals surface area contributed by atoms with Gasteiger partial charge in [0.2, 0.25) is 0 Å². The van der Waals surface area contributed by atoms with E-state index < -0.39 is 0 Å². The van der Waals surface area contributed by atoms with Crippen molar-refractivity contribution < 1.29 is 4.39 Å². The van der Waals surface area contributed by atoms with Crippen molar-refractivity contribution in [3.63, 3.8) is 0 Å². The van der Waals surface area contributed by atoms with Crippen LogP contribution in [0.25, 0.3) is 0 Å². The van der Waals surface area contributed by atoms with Crippen LogP contribution in [0.5, 0.6) is 0 Å². The second kappa shape index (κ2) is 7.19. The molecular formula is C17H27FN2. The zero-order valence-electron chi connectivity index (χ0n) is 12.9. The van der Waals surface area contributed by atoms with Crippen molar-refractivity contribution in [3.05, 3.63) is 35.6 Å². The first-order chi connectivity index (χ1) is 9.63. The maximum atomic E-state index is 13.9. The minimum Gasteiger partial charge on any atom is -0.314 e. The molecule has 2 nitrogen and oxygen atoms in total. The molecule has 0 radical (unpaired) electrons. The van der Waals surface area contributed by atoms with Gasteiger partial charge in [-0.1, -0.05) is 25.1 Å². The second-order valence-corrected chi connectivity index (χ2v) is 5.96. The number of rotatable bonds is 5. The highest BCUT2D eigenvalue weighted by Gasteiger charge is 2.29. The van der Waals surface area contributed by atoms with E-state index in [1.54, 1.807) is 12.1 Å². The van der Waals surface area contributed by atoms with E-state index in [0.29, 0.717) is 12.1 Å². The Labute approximate surface area is 122 Å². The highest BCUT2D eigenvalue weighted by molar-refractivity contribution is 5.21. The molecule has 1 fully saturated rings. The molecule has 0 spiro atoms. The van der Waals surface area contributed by atoms with E-state index in [0.717, 1.165) is 31.5 Å². The highest BCUT2D eigenvalue weighted by Crippen LogP contribution is 2.29. The molecule has 0 aliphatic carbocycles. The maximum absolute atomic E-state index is 13.9. The van der Waals surface area contributed by atoms with Crippen LogP contribution in [0, 0.1) is 5.82 Å². The Kier molecular flexibility index (Phi) is 5.55. The average Bonchev–Trinajstić information content (AvgIpc) is 2.45. The van der Waals surface area contributed by atoms with Crippen molar-refractivity contribution in [1.82, 2.24) is 10.2 Å². The van der Waals surface area contributed by atoms with Crippen molar-refractivity contribution in [3.8, 4) is 0 Å². The first-order valence-corrected chi connectivity index (χ1v) is 7.87. The molecule has 3 heteroatoms. The van der Waals surface area contributed by atoms with E-state index in [2.05, 4.69) is 31.0 Å². The van der Waals surface area contributed by atoms with Crippen LogP contribution in [0.3, 0.4) is 0 Å². The van der Waals surface area contributed by atoms with Gasteiger partial charge < -0.3 is 5.32 Å². The number of hydrogen-bond donors (Lipinski definition) is 1. The Hall–Kier alpha value is -0.930. The summed E-state index contributed by atoms with van der Waals surface area (Å²) in [5.74, 6) is -0.0848. The lowest BCUT2D eigenvalue weighted by Gasteiger charge is -2.41. The normalized spacial score (nSPS) is 25.6. The molecule has 0 bridgehead atoms. The maximum Gasteiger partial charge on any atom is 0.127 e. The molecule has 20 heavy (non-hydrogen) atoms. The van der Waals surface area contributed by atoms with Crippen molar-refractivity contribution in [2.45, 2.75) is 58.2 Å². The molecule has 1 heterocycles. The van der Waals surface area contributed by atoms with E-state index in [1.165, 1.54) is 6.42 Å². The standard InChI is InChI=1S/C17H27FN2/c1-4-10-19-15-9-11-20(13(2)12-15)14(3)16-7-5-6-8-17(16)18/h5-8,13-15,19H,4,9-12H2,1-3H3. The summed E-state index contributed by atoms with van der Waals surface area (Å²) < 4.78 is 13.9. The van der Waals surface area contributed by atoms with Crippen LogP contribution in [-0.4, -0.2) is 30.1 Å². The van der Waals surface area contributed by atoms with Crippen molar-refractivity contribution in [2.24, 2.45) is 0 Å². The molecule has 1 aromatic carbocycles. The fourth-order valence-electron chi connectivity index (χ4n) is 3.29. The predicted octanol–water partition coefficient (Wildman–Crippen LogP) is 3.74. The molecule has 0 amide bonds. The van der Waals surface area contributed by atoms with Crippen LogP contribution in [-0.2, 0) is 0 Å². The number of hydrogen-bond acceptors (Lipinski definition) is 2. The third kappa shape index (κ3) is 3.58. The number of benzene rings is 1. The summed E-state index contributed by atoms with van der Waals surface area (Å²) in [5, 5.41) is 3.61. The molecule has 112 valence electrons. The molecular weight excluding hydrogens is 251 g/mol. The van der Waals surface area contributed by atoms with Crippen LogP contribution in [0.4, 0.5) is 4.39 Å². The lowest BCUT2D eigenvalue weighted by atomic mass is 9.94. The third-order valence-corrected chi connectivity index (χ3v) is 4.46. The van der Waals surface area contributed by atoms with Gasteiger partial charge >= 0.3 is 0 Å². The van der Waals surface area contributed by atoms with E-state index in [9.17, 15) is 4.39 Å². The molecule has 1 saturated heterocycles. The number of likely N-dealkylation sites (tertiary alicyclic amines) is 1. The minimum atomic E-state index is -0.0848. The number of piperidine rings is 1. The largest absolute Gasteiger partial charge is 0.314 e. The Bertz CT molecular complexity index is 421. The van der Waals surface area contributed by atoms with E-state index in [1.807, 2.05) is 12.1 Å². The summed E-state index contributed by atoms with van der Waals surface area (Å²) >= 11 is 0. The van der Waals surface area contributed by atoms with Crippen LogP contribution >= 0.6 is 0 Å². The SMILES string of the molecule is CCCNC1CCN(C(C)c2ccccc2F)C(C)C1. The quantitative estimate of drug-likeness (QED) is 0.882. The van der Waals surface area contributed by atoms with E-state index in [4.69, 9.17) is 0 Å². The summed E-state index contributed by atoms with van der Waals surface area (Å²) in [6, 6.07) is 8.42. The van der Waals surface area contributed by atoms with Gasteiger partial charge in [0.15, 0.2) is 0 Å². The molecule has 1 aliphatic heterocycles. The monoisotopic (exact) mass is 278 g/mol. The molecule has 0 aromatic heterocycles. The summed E-state index contributed by atoms with van der Waals surface area (Å²) in [4.78, 5) is 2.43. The Balaban J connectivity index is 1.98. The molecule has 3 atom stereocenters. The molecule has 3 unspecified atom stereocenters. The summed E-state index contributed by atoms with van der Waals surface area (Å²) in [5.41, 5.74) is 0.819. The molecule has 2 rings (SSSR count). The summed E-state index contributed by atoms with van der Waals surface area (Å²) in [6.45, 7) is 8.72. The van der Waals surface area contributed by atoms with Gasteiger partial charge in [-0.3, -0.25) is 4.90 Å². The van der Waals surface area contributed by atoms with E-state index >= 15 is 0 Å². The first kappa shape index (κ1) is 15.5. The first-order valence-electron chi connectivity index (χ1n) is 7.87. The zero-order chi connectivity index (χ0) is 14.5. The topological polar surface area (TPSA) is 15.3 Å². The minimum absolute atomic E-state index is 0.0848. The lowest BCUT2D eigenvalue weighted by Crippen LogP contribution is -2.48.